The number of ether oxygens (including phenoxy) is 1. The van der Waals surface area contributed by atoms with Crippen molar-refractivity contribution in [1.29, 1.82) is 0 Å². The van der Waals surface area contributed by atoms with Gasteiger partial charge in [-0.1, -0.05) is 25.0 Å². The summed E-state index contributed by atoms with van der Waals surface area (Å²) in [5.74, 6) is 0.880. The van der Waals surface area contributed by atoms with Crippen molar-refractivity contribution in [3.63, 3.8) is 0 Å². The highest BCUT2D eigenvalue weighted by Gasteiger charge is 2.21. The smallest absolute Gasteiger partial charge is 0.180 e. The maximum atomic E-state index is 12.5. The number of benzene rings is 1. The molecule has 20 heavy (non-hydrogen) atoms. The van der Waals surface area contributed by atoms with Crippen LogP contribution in [0.15, 0.2) is 24.3 Å². The molecule has 1 aliphatic heterocycles. The van der Waals surface area contributed by atoms with Gasteiger partial charge in [-0.3, -0.25) is 9.69 Å². The number of hydrogen-bond donors (Lipinski definition) is 0. The van der Waals surface area contributed by atoms with Crippen LogP contribution in [0.4, 0.5) is 0 Å². The van der Waals surface area contributed by atoms with Crippen molar-refractivity contribution in [3.05, 3.63) is 29.8 Å². The number of ketones is 1. The van der Waals surface area contributed by atoms with E-state index in [-0.39, 0.29) is 5.78 Å². The third kappa shape index (κ3) is 3.83. The van der Waals surface area contributed by atoms with Crippen molar-refractivity contribution >= 4 is 5.78 Å². The van der Waals surface area contributed by atoms with E-state index in [1.807, 2.05) is 31.2 Å². The van der Waals surface area contributed by atoms with Gasteiger partial charge < -0.3 is 4.74 Å². The minimum absolute atomic E-state index is 0.169. The summed E-state index contributed by atoms with van der Waals surface area (Å²) < 4.78 is 5.56. The lowest BCUT2D eigenvalue weighted by Crippen LogP contribution is -2.37. The van der Waals surface area contributed by atoms with E-state index < -0.39 is 0 Å². The summed E-state index contributed by atoms with van der Waals surface area (Å²) >= 11 is 0. The van der Waals surface area contributed by atoms with Gasteiger partial charge in [0.15, 0.2) is 5.78 Å². The molecule has 3 nitrogen and oxygen atoms in total. The minimum Gasteiger partial charge on any atom is -0.493 e. The number of likely N-dealkylation sites (tertiary alicyclic amines) is 1. The van der Waals surface area contributed by atoms with Gasteiger partial charge in [0.1, 0.15) is 5.75 Å². The zero-order valence-corrected chi connectivity index (χ0v) is 12.6. The SMILES string of the molecule is CCOc1ccccc1C(=O)CN1CCCCCC1C. The van der Waals surface area contributed by atoms with Crippen molar-refractivity contribution in [2.45, 2.75) is 45.6 Å². The van der Waals surface area contributed by atoms with Crippen molar-refractivity contribution in [2.24, 2.45) is 0 Å². The first-order chi connectivity index (χ1) is 9.72. The molecule has 0 saturated carbocycles. The van der Waals surface area contributed by atoms with Crippen LogP contribution >= 0.6 is 0 Å². The highest BCUT2D eigenvalue weighted by atomic mass is 16.5. The quantitative estimate of drug-likeness (QED) is 0.770. The normalized spacial score (nSPS) is 20.4. The van der Waals surface area contributed by atoms with Crippen LogP contribution in [-0.2, 0) is 0 Å². The molecule has 110 valence electrons. The van der Waals surface area contributed by atoms with Crippen molar-refractivity contribution < 1.29 is 9.53 Å². The first kappa shape index (κ1) is 15.0. The Morgan fingerprint density at radius 2 is 2.10 bits per heavy atom. The Kier molecular flexibility index (Phi) is 5.60. The molecule has 0 N–H and O–H groups in total. The highest BCUT2D eigenvalue weighted by molar-refractivity contribution is 6.00. The number of nitrogens with zero attached hydrogens (tertiary/aromatic N) is 1. The molecule has 0 radical (unpaired) electrons. The van der Waals surface area contributed by atoms with Crippen LogP contribution in [0.2, 0.25) is 0 Å². The largest absolute Gasteiger partial charge is 0.493 e. The van der Waals surface area contributed by atoms with Crippen LogP contribution in [0.3, 0.4) is 0 Å². The summed E-state index contributed by atoms with van der Waals surface area (Å²) in [4.78, 5) is 14.9. The third-order valence-electron chi connectivity index (χ3n) is 4.02. The molecule has 2 rings (SSSR count). The van der Waals surface area contributed by atoms with E-state index in [1.54, 1.807) is 0 Å². The molecule has 0 amide bonds. The fourth-order valence-electron chi connectivity index (χ4n) is 2.82. The van der Waals surface area contributed by atoms with E-state index >= 15 is 0 Å². The van der Waals surface area contributed by atoms with Gasteiger partial charge in [-0.15, -0.1) is 0 Å². The predicted molar refractivity (Wildman–Crippen MR) is 81.4 cm³/mol. The summed E-state index contributed by atoms with van der Waals surface area (Å²) in [7, 11) is 0. The molecular weight excluding hydrogens is 250 g/mol. The second-order valence-corrected chi connectivity index (χ2v) is 5.52. The van der Waals surface area contributed by atoms with Crippen LogP contribution in [0, 0.1) is 0 Å². The van der Waals surface area contributed by atoms with Crippen LogP contribution in [0.25, 0.3) is 0 Å². The molecule has 0 bridgehead atoms. The molecule has 3 heteroatoms. The van der Waals surface area contributed by atoms with E-state index in [0.717, 1.165) is 6.54 Å². The lowest BCUT2D eigenvalue weighted by atomic mass is 10.1. The van der Waals surface area contributed by atoms with Gasteiger partial charge in [-0.05, 0) is 45.4 Å². The molecular formula is C17H25NO2. The van der Waals surface area contributed by atoms with Gasteiger partial charge in [-0.2, -0.15) is 0 Å². The zero-order valence-electron chi connectivity index (χ0n) is 12.6. The number of carbonyl (C=O) groups is 1. The number of para-hydroxylation sites is 1. The minimum atomic E-state index is 0.169. The molecule has 1 atom stereocenters. The summed E-state index contributed by atoms with van der Waals surface area (Å²) in [6.07, 6.45) is 4.96. The maximum absolute atomic E-state index is 12.5. The lowest BCUT2D eigenvalue weighted by molar-refractivity contribution is 0.0898. The number of hydrogen-bond acceptors (Lipinski definition) is 3. The third-order valence-corrected chi connectivity index (χ3v) is 4.02. The summed E-state index contributed by atoms with van der Waals surface area (Å²) in [5.41, 5.74) is 0.714. The Morgan fingerprint density at radius 1 is 1.30 bits per heavy atom. The van der Waals surface area contributed by atoms with Crippen molar-refractivity contribution in [2.75, 3.05) is 19.7 Å². The van der Waals surface area contributed by atoms with Gasteiger partial charge in [0.2, 0.25) is 0 Å². The van der Waals surface area contributed by atoms with Crippen LogP contribution < -0.4 is 4.74 Å². The fourth-order valence-corrected chi connectivity index (χ4v) is 2.82. The molecule has 0 aromatic heterocycles. The second-order valence-electron chi connectivity index (χ2n) is 5.52. The molecule has 1 saturated heterocycles. The van der Waals surface area contributed by atoms with Crippen molar-refractivity contribution in [3.8, 4) is 5.75 Å². The predicted octanol–water partition coefficient (Wildman–Crippen LogP) is 3.53. The molecule has 1 unspecified atom stereocenters. The molecule has 1 aromatic carbocycles. The molecule has 1 fully saturated rings. The summed E-state index contributed by atoms with van der Waals surface area (Å²) in [6.45, 7) is 6.30. The summed E-state index contributed by atoms with van der Waals surface area (Å²) in [6, 6.07) is 8.07. The standard InChI is InChI=1S/C17H25NO2/c1-3-20-17-11-7-6-10-15(17)16(19)13-18-12-8-4-5-9-14(18)2/h6-7,10-11,14H,3-5,8-9,12-13H2,1-2H3. The number of carbonyl (C=O) groups excluding carboxylic acids is 1. The average Bonchev–Trinajstić information content (AvgIpc) is 2.65. The average molecular weight is 275 g/mol. The van der Waals surface area contributed by atoms with Crippen LogP contribution in [-0.4, -0.2) is 36.4 Å². The maximum Gasteiger partial charge on any atom is 0.180 e. The van der Waals surface area contributed by atoms with Crippen LogP contribution in [0.1, 0.15) is 49.9 Å². The van der Waals surface area contributed by atoms with Gasteiger partial charge in [-0.25, -0.2) is 0 Å². The topological polar surface area (TPSA) is 29.5 Å². The van der Waals surface area contributed by atoms with Gasteiger partial charge in [0.05, 0.1) is 18.7 Å². The molecule has 0 spiro atoms. The Bertz CT molecular complexity index is 444. The molecule has 1 aromatic rings. The lowest BCUT2D eigenvalue weighted by Gasteiger charge is -2.26. The van der Waals surface area contributed by atoms with Crippen molar-refractivity contribution in [1.82, 2.24) is 4.90 Å². The fraction of sp³-hybridized carbons (Fsp3) is 0.588. The van der Waals surface area contributed by atoms with E-state index in [0.29, 0.717) is 30.5 Å². The van der Waals surface area contributed by atoms with Crippen LogP contribution in [0.5, 0.6) is 5.75 Å². The van der Waals surface area contributed by atoms with Gasteiger partial charge in [0, 0.05) is 6.04 Å². The molecule has 0 aliphatic carbocycles. The first-order valence-electron chi connectivity index (χ1n) is 7.71. The van der Waals surface area contributed by atoms with Gasteiger partial charge >= 0.3 is 0 Å². The van der Waals surface area contributed by atoms with E-state index in [1.165, 1.54) is 25.7 Å². The molecule has 1 aliphatic rings. The van der Waals surface area contributed by atoms with E-state index in [4.69, 9.17) is 4.74 Å². The van der Waals surface area contributed by atoms with E-state index in [2.05, 4.69) is 11.8 Å². The Hall–Kier alpha value is -1.35. The highest BCUT2D eigenvalue weighted by Crippen LogP contribution is 2.21. The Labute approximate surface area is 121 Å². The molecule has 1 heterocycles. The zero-order chi connectivity index (χ0) is 14.4. The Morgan fingerprint density at radius 3 is 2.90 bits per heavy atom. The first-order valence-corrected chi connectivity index (χ1v) is 7.71. The second kappa shape index (κ2) is 7.44. The van der Waals surface area contributed by atoms with E-state index in [9.17, 15) is 4.79 Å². The Balaban J connectivity index is 2.07. The number of rotatable bonds is 5. The summed E-state index contributed by atoms with van der Waals surface area (Å²) in [5, 5.41) is 0. The number of Topliss-reactive ketones (excluding diaryl/α,β-unsaturated/α-hetero) is 1. The van der Waals surface area contributed by atoms with Gasteiger partial charge in [0.25, 0.3) is 0 Å². The monoisotopic (exact) mass is 275 g/mol.